The lowest BCUT2D eigenvalue weighted by molar-refractivity contribution is -0.133. The SMILES string of the molecule is CC(=O)NC[C@@H]1CC(c2ccc(C3=CCN(C(=O)CO)CC3)cc2)=NO1. The maximum atomic E-state index is 11.5. The van der Waals surface area contributed by atoms with Crippen LogP contribution in [0.5, 0.6) is 0 Å². The molecule has 0 spiro atoms. The number of rotatable bonds is 5. The van der Waals surface area contributed by atoms with Crippen LogP contribution in [-0.2, 0) is 14.4 Å². The number of carbonyl (C=O) groups excluding carboxylic acids is 2. The highest BCUT2D eigenvalue weighted by Gasteiger charge is 2.22. The molecule has 1 aromatic rings. The zero-order valence-corrected chi connectivity index (χ0v) is 14.8. The first-order valence-corrected chi connectivity index (χ1v) is 8.72. The molecule has 0 radical (unpaired) electrons. The van der Waals surface area contributed by atoms with Gasteiger partial charge in [0.1, 0.15) is 12.7 Å². The Morgan fingerprint density at radius 2 is 2.04 bits per heavy atom. The summed E-state index contributed by atoms with van der Waals surface area (Å²) in [6.07, 6.45) is 3.35. The molecular formula is C19H23N3O4. The quantitative estimate of drug-likeness (QED) is 0.820. The number of benzene rings is 1. The summed E-state index contributed by atoms with van der Waals surface area (Å²) in [5.41, 5.74) is 4.21. The zero-order valence-electron chi connectivity index (χ0n) is 14.8. The van der Waals surface area contributed by atoms with Gasteiger partial charge in [0.05, 0.1) is 12.3 Å². The molecule has 26 heavy (non-hydrogen) atoms. The number of aliphatic hydroxyl groups excluding tert-OH is 1. The van der Waals surface area contributed by atoms with Crippen LogP contribution in [0.3, 0.4) is 0 Å². The lowest BCUT2D eigenvalue weighted by Crippen LogP contribution is -2.36. The maximum Gasteiger partial charge on any atom is 0.248 e. The van der Waals surface area contributed by atoms with Crippen molar-refractivity contribution in [2.75, 3.05) is 26.2 Å². The Morgan fingerprint density at radius 3 is 2.65 bits per heavy atom. The van der Waals surface area contributed by atoms with Crippen molar-refractivity contribution in [3.63, 3.8) is 0 Å². The van der Waals surface area contributed by atoms with Gasteiger partial charge in [-0.3, -0.25) is 9.59 Å². The molecule has 2 aliphatic heterocycles. The number of carbonyl (C=O) groups is 2. The Balaban J connectivity index is 1.59. The van der Waals surface area contributed by atoms with Crippen LogP contribution in [-0.4, -0.2) is 59.9 Å². The molecule has 0 bridgehead atoms. The van der Waals surface area contributed by atoms with Gasteiger partial charge >= 0.3 is 0 Å². The fourth-order valence-electron chi connectivity index (χ4n) is 3.10. The molecule has 0 aliphatic carbocycles. The number of amides is 2. The summed E-state index contributed by atoms with van der Waals surface area (Å²) in [5, 5.41) is 15.8. The second-order valence-electron chi connectivity index (χ2n) is 6.46. The second kappa shape index (κ2) is 8.14. The molecule has 2 aliphatic rings. The monoisotopic (exact) mass is 357 g/mol. The van der Waals surface area contributed by atoms with Crippen molar-refractivity contribution in [3.05, 3.63) is 41.5 Å². The van der Waals surface area contributed by atoms with E-state index in [1.165, 1.54) is 12.5 Å². The molecule has 0 fully saturated rings. The molecular weight excluding hydrogens is 334 g/mol. The molecule has 7 nitrogen and oxygen atoms in total. The fraction of sp³-hybridized carbons (Fsp3) is 0.421. The van der Waals surface area contributed by atoms with Crippen molar-refractivity contribution in [3.8, 4) is 0 Å². The van der Waals surface area contributed by atoms with Gasteiger partial charge in [-0.15, -0.1) is 0 Å². The molecule has 1 atom stereocenters. The third kappa shape index (κ3) is 4.29. The first-order valence-electron chi connectivity index (χ1n) is 8.72. The van der Waals surface area contributed by atoms with E-state index in [0.717, 1.165) is 23.3 Å². The minimum absolute atomic E-state index is 0.0774. The summed E-state index contributed by atoms with van der Waals surface area (Å²) in [7, 11) is 0. The van der Waals surface area contributed by atoms with Crippen LogP contribution in [0.2, 0.25) is 0 Å². The number of oxime groups is 1. The normalized spacial score (nSPS) is 19.5. The largest absolute Gasteiger partial charge is 0.390 e. The van der Waals surface area contributed by atoms with E-state index in [0.29, 0.717) is 26.1 Å². The van der Waals surface area contributed by atoms with E-state index in [1.54, 1.807) is 4.90 Å². The summed E-state index contributed by atoms with van der Waals surface area (Å²) >= 11 is 0. The van der Waals surface area contributed by atoms with Gasteiger partial charge in [-0.2, -0.15) is 0 Å². The van der Waals surface area contributed by atoms with Gasteiger partial charge in [-0.05, 0) is 23.1 Å². The Kier molecular flexibility index (Phi) is 5.68. The van der Waals surface area contributed by atoms with Crippen molar-refractivity contribution >= 4 is 23.1 Å². The number of aliphatic hydroxyl groups is 1. The van der Waals surface area contributed by atoms with Gasteiger partial charge in [0.2, 0.25) is 11.8 Å². The highest BCUT2D eigenvalue weighted by atomic mass is 16.6. The van der Waals surface area contributed by atoms with Crippen molar-refractivity contribution in [1.29, 1.82) is 0 Å². The van der Waals surface area contributed by atoms with Crippen LogP contribution in [0.25, 0.3) is 5.57 Å². The topological polar surface area (TPSA) is 91.2 Å². The average molecular weight is 357 g/mol. The molecule has 7 heteroatoms. The van der Waals surface area contributed by atoms with Crippen molar-refractivity contribution in [1.82, 2.24) is 10.2 Å². The van der Waals surface area contributed by atoms with E-state index < -0.39 is 6.61 Å². The second-order valence-corrected chi connectivity index (χ2v) is 6.46. The van der Waals surface area contributed by atoms with E-state index in [1.807, 2.05) is 30.3 Å². The molecule has 3 rings (SSSR count). The molecule has 2 heterocycles. The van der Waals surface area contributed by atoms with Crippen LogP contribution in [0.1, 0.15) is 30.9 Å². The average Bonchev–Trinajstić information content (AvgIpc) is 3.15. The van der Waals surface area contributed by atoms with E-state index >= 15 is 0 Å². The fourth-order valence-corrected chi connectivity index (χ4v) is 3.10. The molecule has 2 amide bonds. The predicted molar refractivity (Wildman–Crippen MR) is 97.4 cm³/mol. The third-order valence-corrected chi connectivity index (χ3v) is 4.60. The van der Waals surface area contributed by atoms with Gasteiger partial charge in [0, 0.05) is 26.4 Å². The molecule has 0 aromatic heterocycles. The molecule has 0 saturated carbocycles. The molecule has 0 unspecified atom stereocenters. The summed E-state index contributed by atoms with van der Waals surface area (Å²) < 4.78 is 0. The first-order chi connectivity index (χ1) is 12.6. The van der Waals surface area contributed by atoms with E-state index in [4.69, 9.17) is 9.94 Å². The highest BCUT2D eigenvalue weighted by molar-refractivity contribution is 6.01. The van der Waals surface area contributed by atoms with E-state index in [-0.39, 0.29) is 17.9 Å². The number of hydrogen-bond donors (Lipinski definition) is 2. The van der Waals surface area contributed by atoms with Crippen LogP contribution in [0.4, 0.5) is 0 Å². The Morgan fingerprint density at radius 1 is 1.31 bits per heavy atom. The van der Waals surface area contributed by atoms with Crippen LogP contribution < -0.4 is 5.32 Å². The molecule has 2 N–H and O–H groups in total. The standard InChI is InChI=1S/C19H23N3O4/c1-13(24)20-11-17-10-18(21-26-17)16-4-2-14(3-5-16)15-6-8-22(9-7-15)19(25)12-23/h2-6,17,23H,7-12H2,1H3,(H,20,24)/t17-/m0/s1. The number of nitrogens with one attached hydrogen (secondary N) is 1. The Labute approximate surface area is 152 Å². The minimum Gasteiger partial charge on any atom is -0.390 e. The highest BCUT2D eigenvalue weighted by Crippen LogP contribution is 2.24. The Bertz CT molecular complexity index is 740. The zero-order chi connectivity index (χ0) is 18.5. The van der Waals surface area contributed by atoms with Crippen LogP contribution in [0, 0.1) is 0 Å². The lowest BCUT2D eigenvalue weighted by atomic mass is 9.96. The maximum absolute atomic E-state index is 11.5. The van der Waals surface area contributed by atoms with Gasteiger partial charge in [-0.1, -0.05) is 35.5 Å². The summed E-state index contributed by atoms with van der Waals surface area (Å²) in [4.78, 5) is 29.5. The lowest BCUT2D eigenvalue weighted by Gasteiger charge is -2.26. The van der Waals surface area contributed by atoms with Crippen molar-refractivity contribution < 1.29 is 19.5 Å². The smallest absolute Gasteiger partial charge is 0.248 e. The van der Waals surface area contributed by atoms with E-state index in [9.17, 15) is 9.59 Å². The minimum atomic E-state index is -0.440. The summed E-state index contributed by atoms with van der Waals surface area (Å²) in [6, 6.07) is 8.14. The van der Waals surface area contributed by atoms with Crippen LogP contribution >= 0.6 is 0 Å². The summed E-state index contributed by atoms with van der Waals surface area (Å²) in [5.74, 6) is -0.310. The first kappa shape index (κ1) is 18.1. The van der Waals surface area contributed by atoms with Gasteiger partial charge in [-0.25, -0.2) is 0 Å². The summed E-state index contributed by atoms with van der Waals surface area (Å²) in [6.45, 7) is 2.65. The van der Waals surface area contributed by atoms with Gasteiger partial charge in [0.25, 0.3) is 0 Å². The van der Waals surface area contributed by atoms with Crippen molar-refractivity contribution in [2.45, 2.75) is 25.9 Å². The van der Waals surface area contributed by atoms with Gasteiger partial charge in [0.15, 0.2) is 0 Å². The Hall–Kier alpha value is -2.67. The molecule has 0 saturated heterocycles. The number of hydrogen-bond acceptors (Lipinski definition) is 5. The predicted octanol–water partition coefficient (Wildman–Crippen LogP) is 0.924. The molecule has 138 valence electrons. The van der Waals surface area contributed by atoms with E-state index in [2.05, 4.69) is 10.5 Å². The molecule has 1 aromatic carbocycles. The van der Waals surface area contributed by atoms with Crippen molar-refractivity contribution in [2.24, 2.45) is 5.16 Å². The number of nitrogens with zero attached hydrogens (tertiary/aromatic N) is 2. The van der Waals surface area contributed by atoms with Crippen LogP contribution in [0.15, 0.2) is 35.5 Å². The van der Waals surface area contributed by atoms with Gasteiger partial charge < -0.3 is 20.2 Å². The third-order valence-electron chi connectivity index (χ3n) is 4.60.